The Morgan fingerprint density at radius 1 is 1.35 bits per heavy atom. The van der Waals surface area contributed by atoms with E-state index >= 15 is 0 Å². The summed E-state index contributed by atoms with van der Waals surface area (Å²) in [7, 11) is -2.79. The van der Waals surface area contributed by atoms with Gasteiger partial charge in [0.05, 0.1) is 7.11 Å². The Hall–Kier alpha value is -2.34. The third-order valence-electron chi connectivity index (χ3n) is 3.37. The van der Waals surface area contributed by atoms with Crippen LogP contribution in [-0.4, -0.2) is 41.9 Å². The molecule has 3 heterocycles. The van der Waals surface area contributed by atoms with Crippen molar-refractivity contribution in [2.24, 2.45) is 0 Å². The van der Waals surface area contributed by atoms with Gasteiger partial charge in [0.1, 0.15) is 15.1 Å². The van der Waals surface area contributed by atoms with Gasteiger partial charge < -0.3 is 9.72 Å². The number of aromatic nitrogens is 4. The minimum Gasteiger partial charge on any atom is -0.481 e. The molecule has 3 aromatic rings. The summed E-state index contributed by atoms with van der Waals surface area (Å²) in [5.41, 5.74) is 0.456. The number of pyridine rings is 1. The number of rotatable bonds is 6. The summed E-state index contributed by atoms with van der Waals surface area (Å²) in [5, 5.41) is 0.377. The number of halogens is 3. The van der Waals surface area contributed by atoms with Crippen molar-refractivity contribution in [1.29, 1.82) is 0 Å². The molecule has 0 aromatic carbocycles. The first-order valence-corrected chi connectivity index (χ1v) is 9.42. The predicted molar refractivity (Wildman–Crippen MR) is 92.9 cm³/mol. The van der Waals surface area contributed by atoms with Crippen LogP contribution in [0.25, 0.3) is 11.0 Å². The number of ether oxygens (including phenoxy) is 1. The fraction of sp³-hybridized carbons (Fsp3) is 0.214. The topological polar surface area (TPSA) is 110 Å². The Kier molecular flexibility index (Phi) is 5.05. The maximum Gasteiger partial charge on any atom is 0.266 e. The summed E-state index contributed by atoms with van der Waals surface area (Å²) < 4.78 is 58.0. The molecule has 3 rings (SSSR count). The molecule has 0 fully saturated rings. The number of hydrogen-bond donors (Lipinski definition) is 2. The molecule has 0 aliphatic carbocycles. The van der Waals surface area contributed by atoms with E-state index < -0.39 is 22.9 Å². The molecule has 0 saturated carbocycles. The molecule has 0 atom stereocenters. The SMILES string of the molecule is COc1nc(NS(=O)(=O)c2c[nH]c3nc(Br)ccc23)ncc1CC(F)F. The van der Waals surface area contributed by atoms with Crippen molar-refractivity contribution in [2.45, 2.75) is 17.7 Å². The zero-order valence-electron chi connectivity index (χ0n) is 13.2. The van der Waals surface area contributed by atoms with Gasteiger partial charge in [0.15, 0.2) is 0 Å². The van der Waals surface area contributed by atoms with E-state index in [2.05, 4.69) is 40.6 Å². The van der Waals surface area contributed by atoms with Crippen molar-refractivity contribution >= 4 is 42.9 Å². The minimum atomic E-state index is -4.04. The first-order chi connectivity index (χ1) is 12.3. The molecule has 12 heteroatoms. The van der Waals surface area contributed by atoms with Gasteiger partial charge in [0, 0.05) is 29.8 Å². The second-order valence-corrected chi connectivity index (χ2v) is 7.58. The van der Waals surface area contributed by atoms with Crippen LogP contribution < -0.4 is 9.46 Å². The van der Waals surface area contributed by atoms with E-state index in [1.165, 1.54) is 13.3 Å². The van der Waals surface area contributed by atoms with Gasteiger partial charge >= 0.3 is 0 Å². The number of alkyl halides is 2. The van der Waals surface area contributed by atoms with E-state index in [-0.39, 0.29) is 22.3 Å². The van der Waals surface area contributed by atoms with Crippen molar-refractivity contribution in [3.8, 4) is 5.88 Å². The molecule has 0 saturated heterocycles. The molecular weight excluding hydrogens is 436 g/mol. The van der Waals surface area contributed by atoms with Crippen LogP contribution >= 0.6 is 15.9 Å². The maximum atomic E-state index is 12.6. The molecule has 2 N–H and O–H groups in total. The summed E-state index contributed by atoms with van der Waals surface area (Å²) in [4.78, 5) is 14.5. The molecule has 8 nitrogen and oxygen atoms in total. The molecule has 138 valence electrons. The summed E-state index contributed by atoms with van der Waals surface area (Å²) in [6.07, 6.45) is -0.814. The highest BCUT2D eigenvalue weighted by molar-refractivity contribution is 9.10. The van der Waals surface area contributed by atoms with Gasteiger partial charge in [0.2, 0.25) is 18.3 Å². The second-order valence-electron chi connectivity index (χ2n) is 5.11. The molecule has 26 heavy (non-hydrogen) atoms. The van der Waals surface area contributed by atoms with Crippen LogP contribution in [0, 0.1) is 0 Å². The van der Waals surface area contributed by atoms with E-state index in [4.69, 9.17) is 4.74 Å². The van der Waals surface area contributed by atoms with Crippen molar-refractivity contribution in [1.82, 2.24) is 19.9 Å². The van der Waals surface area contributed by atoms with Gasteiger partial charge in [-0.3, -0.25) is 0 Å². The number of H-pyrrole nitrogens is 1. The average Bonchev–Trinajstić information content (AvgIpc) is 2.99. The summed E-state index contributed by atoms with van der Waals surface area (Å²) in [6, 6.07) is 3.19. The largest absolute Gasteiger partial charge is 0.481 e. The fourth-order valence-electron chi connectivity index (χ4n) is 2.28. The monoisotopic (exact) mass is 447 g/mol. The van der Waals surface area contributed by atoms with Crippen LogP contribution in [0.4, 0.5) is 14.7 Å². The molecule has 0 aliphatic heterocycles. The van der Waals surface area contributed by atoms with Crippen molar-refractivity contribution in [3.63, 3.8) is 0 Å². The van der Waals surface area contributed by atoms with E-state index in [0.717, 1.165) is 6.20 Å². The number of nitrogens with zero attached hydrogens (tertiary/aromatic N) is 3. The lowest BCUT2D eigenvalue weighted by Gasteiger charge is -2.10. The van der Waals surface area contributed by atoms with E-state index in [9.17, 15) is 17.2 Å². The lowest BCUT2D eigenvalue weighted by Crippen LogP contribution is -2.15. The number of hydrogen-bond acceptors (Lipinski definition) is 6. The van der Waals surface area contributed by atoms with Crippen LogP contribution in [-0.2, 0) is 16.4 Å². The molecule has 0 radical (unpaired) electrons. The molecule has 3 aromatic heterocycles. The van der Waals surface area contributed by atoms with Crippen LogP contribution in [0.5, 0.6) is 5.88 Å². The van der Waals surface area contributed by atoms with Gasteiger partial charge in [-0.2, -0.15) is 4.98 Å². The molecule has 0 amide bonds. The van der Waals surface area contributed by atoms with Crippen molar-refractivity contribution < 1.29 is 21.9 Å². The van der Waals surface area contributed by atoms with E-state index in [1.54, 1.807) is 12.1 Å². The Morgan fingerprint density at radius 3 is 2.81 bits per heavy atom. The van der Waals surface area contributed by atoms with Crippen molar-refractivity contribution in [2.75, 3.05) is 11.8 Å². The fourth-order valence-corrected chi connectivity index (χ4v) is 3.70. The average molecular weight is 448 g/mol. The standard InChI is InChI=1S/C14H12BrF2N5O3S/c1-25-13-7(4-11(16)17)5-19-14(21-13)22-26(23,24)9-6-18-12-8(9)2-3-10(15)20-12/h2-3,5-6,11H,4H2,1H3,(H,18,20)(H,19,21,22). The third kappa shape index (κ3) is 3.75. The Balaban J connectivity index is 1.94. The van der Waals surface area contributed by atoms with Crippen LogP contribution in [0.15, 0.2) is 34.0 Å². The highest BCUT2D eigenvalue weighted by Crippen LogP contribution is 2.25. The van der Waals surface area contributed by atoms with Crippen LogP contribution in [0.3, 0.4) is 0 Å². The highest BCUT2D eigenvalue weighted by atomic mass is 79.9. The molecule has 0 aliphatic rings. The number of anilines is 1. The van der Waals surface area contributed by atoms with Gasteiger partial charge in [-0.05, 0) is 28.1 Å². The highest BCUT2D eigenvalue weighted by Gasteiger charge is 2.22. The molecule has 0 bridgehead atoms. The van der Waals surface area contributed by atoms with Gasteiger partial charge in [0.25, 0.3) is 10.0 Å². The smallest absolute Gasteiger partial charge is 0.266 e. The quantitative estimate of drug-likeness (QED) is 0.562. The Labute approximate surface area is 155 Å². The zero-order valence-corrected chi connectivity index (χ0v) is 15.6. The number of nitrogens with one attached hydrogen (secondary N) is 2. The third-order valence-corrected chi connectivity index (χ3v) is 5.18. The van der Waals surface area contributed by atoms with Gasteiger partial charge in [-0.1, -0.05) is 0 Å². The summed E-state index contributed by atoms with van der Waals surface area (Å²) in [6.45, 7) is 0. The van der Waals surface area contributed by atoms with Gasteiger partial charge in [-0.25, -0.2) is 31.9 Å². The van der Waals surface area contributed by atoms with Gasteiger partial charge in [-0.15, -0.1) is 0 Å². The maximum absolute atomic E-state index is 12.6. The summed E-state index contributed by atoms with van der Waals surface area (Å²) >= 11 is 3.20. The number of fused-ring (bicyclic) bond motifs is 1. The summed E-state index contributed by atoms with van der Waals surface area (Å²) in [5.74, 6) is -0.415. The Morgan fingerprint density at radius 2 is 2.12 bits per heavy atom. The van der Waals surface area contributed by atoms with Crippen molar-refractivity contribution in [3.05, 3.63) is 34.7 Å². The number of methoxy groups -OCH3 is 1. The Bertz CT molecular complexity index is 1060. The van der Waals surface area contributed by atoms with E-state index in [1.807, 2.05) is 0 Å². The minimum absolute atomic E-state index is 0.0493. The molecule has 0 unspecified atom stereocenters. The number of sulfonamides is 1. The van der Waals surface area contributed by atoms with E-state index in [0.29, 0.717) is 15.6 Å². The predicted octanol–water partition coefficient (Wildman–Crippen LogP) is 2.73. The second kappa shape index (κ2) is 7.11. The normalized spacial score (nSPS) is 11.9. The first-order valence-electron chi connectivity index (χ1n) is 7.14. The zero-order chi connectivity index (χ0) is 18.9. The van der Waals surface area contributed by atoms with Crippen LogP contribution in [0.2, 0.25) is 0 Å². The first kappa shape index (κ1) is 18.5. The molecular formula is C14H12BrF2N5O3S. The van der Waals surface area contributed by atoms with Crippen LogP contribution in [0.1, 0.15) is 5.56 Å². The lowest BCUT2D eigenvalue weighted by atomic mass is 10.2. The lowest BCUT2D eigenvalue weighted by molar-refractivity contribution is 0.147. The number of aromatic amines is 1. The molecule has 0 spiro atoms.